The van der Waals surface area contributed by atoms with Gasteiger partial charge in [0.1, 0.15) is 30.1 Å². The SMILES string of the molecule is COC(=O)N[C@H](C(=O)Nc1cccc(F)c1OCC1CN(C)C(CCCS(=O)O)CN1)[C@@H](c1ccc(F)cc1)c1cc(F)cc(F)c1. The van der Waals surface area contributed by atoms with E-state index in [0.29, 0.717) is 25.6 Å². The minimum atomic E-state index is -1.85. The number of hydrogen-bond acceptors (Lipinski definition) is 7. The Bertz CT molecular complexity index is 1550. The molecule has 47 heavy (non-hydrogen) atoms. The summed E-state index contributed by atoms with van der Waals surface area (Å²) in [6, 6.07) is 9.65. The van der Waals surface area contributed by atoms with Gasteiger partial charge < -0.3 is 34.9 Å². The van der Waals surface area contributed by atoms with Crippen LogP contribution in [0.5, 0.6) is 5.75 Å². The molecule has 5 atom stereocenters. The number of amides is 2. The van der Waals surface area contributed by atoms with Crippen molar-refractivity contribution in [3.8, 4) is 5.75 Å². The van der Waals surface area contributed by atoms with Crippen LogP contribution in [0.15, 0.2) is 60.7 Å². The van der Waals surface area contributed by atoms with Gasteiger partial charge in [-0.1, -0.05) is 18.2 Å². The van der Waals surface area contributed by atoms with E-state index < -0.39 is 58.3 Å². The average Bonchev–Trinajstić information content (AvgIpc) is 3.01. The molecule has 10 nitrogen and oxygen atoms in total. The minimum Gasteiger partial charge on any atom is -0.487 e. The summed E-state index contributed by atoms with van der Waals surface area (Å²) < 4.78 is 88.2. The Morgan fingerprint density at radius 2 is 1.74 bits per heavy atom. The molecule has 3 unspecified atom stereocenters. The number of carbonyl (C=O) groups excluding carboxylic acids is 2. The number of methoxy groups -OCH3 is 1. The van der Waals surface area contributed by atoms with Gasteiger partial charge in [0.2, 0.25) is 5.91 Å². The smallest absolute Gasteiger partial charge is 0.407 e. The van der Waals surface area contributed by atoms with E-state index in [0.717, 1.165) is 43.9 Å². The van der Waals surface area contributed by atoms with Crippen molar-refractivity contribution in [2.45, 2.75) is 36.9 Å². The van der Waals surface area contributed by atoms with Crippen LogP contribution in [0.3, 0.4) is 0 Å². The molecule has 0 radical (unpaired) electrons. The first kappa shape index (κ1) is 35.8. The summed E-state index contributed by atoms with van der Waals surface area (Å²) in [6.07, 6.45) is 0.260. The maximum Gasteiger partial charge on any atom is 0.407 e. The zero-order valence-corrected chi connectivity index (χ0v) is 26.5. The van der Waals surface area contributed by atoms with Crippen LogP contribution >= 0.6 is 0 Å². The lowest BCUT2D eigenvalue weighted by Gasteiger charge is -2.38. The molecule has 1 fully saturated rings. The van der Waals surface area contributed by atoms with Crippen LogP contribution in [0.1, 0.15) is 29.9 Å². The second kappa shape index (κ2) is 16.7. The molecular weight excluding hydrogens is 644 g/mol. The maximum atomic E-state index is 15.1. The number of rotatable bonds is 13. The topological polar surface area (TPSA) is 129 Å². The normalized spacial score (nSPS) is 18.5. The number of ether oxygens (including phenoxy) is 2. The van der Waals surface area contributed by atoms with Crippen molar-refractivity contribution in [1.82, 2.24) is 15.5 Å². The van der Waals surface area contributed by atoms with Crippen molar-refractivity contribution in [3.63, 3.8) is 0 Å². The van der Waals surface area contributed by atoms with Gasteiger partial charge in [0.05, 0.1) is 18.8 Å². The second-order valence-electron chi connectivity index (χ2n) is 11.1. The Morgan fingerprint density at radius 1 is 1.04 bits per heavy atom. The molecule has 4 rings (SSSR count). The molecule has 2 amide bonds. The van der Waals surface area contributed by atoms with Crippen molar-refractivity contribution in [1.29, 1.82) is 0 Å². The van der Waals surface area contributed by atoms with E-state index in [1.807, 2.05) is 7.05 Å². The zero-order valence-electron chi connectivity index (χ0n) is 25.7. The van der Waals surface area contributed by atoms with E-state index in [1.54, 1.807) is 0 Å². The highest BCUT2D eigenvalue weighted by atomic mass is 32.2. The van der Waals surface area contributed by atoms with Crippen LogP contribution in [-0.2, 0) is 20.6 Å². The number of halogens is 4. The molecule has 254 valence electrons. The number of piperazine rings is 1. The molecule has 0 spiro atoms. The molecule has 3 aromatic carbocycles. The van der Waals surface area contributed by atoms with E-state index in [2.05, 4.69) is 20.9 Å². The molecule has 4 N–H and O–H groups in total. The van der Waals surface area contributed by atoms with Gasteiger partial charge in [-0.05, 0) is 67.4 Å². The number of benzene rings is 3. The van der Waals surface area contributed by atoms with E-state index in [4.69, 9.17) is 14.0 Å². The maximum absolute atomic E-state index is 15.1. The third kappa shape index (κ3) is 9.97. The highest BCUT2D eigenvalue weighted by Gasteiger charge is 2.35. The third-order valence-electron chi connectivity index (χ3n) is 7.83. The van der Waals surface area contributed by atoms with Crippen LogP contribution in [0.25, 0.3) is 0 Å². The van der Waals surface area contributed by atoms with Crippen molar-refractivity contribution >= 4 is 28.8 Å². The summed E-state index contributed by atoms with van der Waals surface area (Å²) in [4.78, 5) is 28.4. The predicted octanol–water partition coefficient (Wildman–Crippen LogP) is 4.39. The molecule has 0 saturated carbocycles. The molecule has 1 aliphatic heterocycles. The number of nitrogens with one attached hydrogen (secondary N) is 3. The van der Waals surface area contributed by atoms with Gasteiger partial charge in [0, 0.05) is 36.9 Å². The second-order valence-corrected chi connectivity index (χ2v) is 12.2. The molecule has 0 aliphatic carbocycles. The van der Waals surface area contributed by atoms with Crippen LogP contribution in [0, 0.1) is 23.3 Å². The highest BCUT2D eigenvalue weighted by Crippen LogP contribution is 2.33. The lowest BCUT2D eigenvalue weighted by Crippen LogP contribution is -2.56. The first-order valence-corrected chi connectivity index (χ1v) is 16.0. The van der Waals surface area contributed by atoms with Gasteiger partial charge in [0.25, 0.3) is 0 Å². The fourth-order valence-electron chi connectivity index (χ4n) is 5.53. The molecule has 0 bridgehead atoms. The van der Waals surface area contributed by atoms with E-state index >= 15 is 4.39 Å². The van der Waals surface area contributed by atoms with Gasteiger partial charge in [-0.15, -0.1) is 0 Å². The number of likely N-dealkylation sites (N-methyl/N-ethyl adjacent to an activating group) is 1. The zero-order chi connectivity index (χ0) is 34.1. The van der Waals surface area contributed by atoms with Crippen LogP contribution in [0.2, 0.25) is 0 Å². The molecule has 0 aromatic heterocycles. The van der Waals surface area contributed by atoms with E-state index in [9.17, 15) is 27.0 Å². The molecule has 1 aliphatic rings. The quantitative estimate of drug-likeness (QED) is 0.155. The summed E-state index contributed by atoms with van der Waals surface area (Å²) in [6.45, 7) is 1.14. The summed E-state index contributed by atoms with van der Waals surface area (Å²) in [5.74, 6) is -5.50. The number of alkyl carbamates (subject to hydrolysis) is 1. The minimum absolute atomic E-state index is 0.0200. The van der Waals surface area contributed by atoms with E-state index in [1.165, 1.54) is 24.3 Å². The van der Waals surface area contributed by atoms with Gasteiger partial charge in [-0.25, -0.2) is 26.6 Å². The summed E-state index contributed by atoms with van der Waals surface area (Å²) in [5, 5.41) is 8.29. The molecule has 3 aromatic rings. The Kier molecular flexibility index (Phi) is 12.7. The Balaban J connectivity index is 1.56. The summed E-state index contributed by atoms with van der Waals surface area (Å²) in [5.41, 5.74) is 0.116. The van der Waals surface area contributed by atoms with Crippen molar-refractivity contribution in [2.75, 3.05) is 44.9 Å². The predicted molar refractivity (Wildman–Crippen MR) is 168 cm³/mol. The monoisotopic (exact) mass is 680 g/mol. The van der Waals surface area contributed by atoms with E-state index in [-0.39, 0.29) is 47.0 Å². The van der Waals surface area contributed by atoms with Gasteiger partial charge >= 0.3 is 6.09 Å². The number of anilines is 1. The lowest BCUT2D eigenvalue weighted by atomic mass is 9.84. The number of hydrogen-bond donors (Lipinski definition) is 4. The first-order chi connectivity index (χ1) is 22.4. The number of nitrogens with zero attached hydrogens (tertiary/aromatic N) is 1. The summed E-state index contributed by atoms with van der Waals surface area (Å²) >= 11 is -1.85. The highest BCUT2D eigenvalue weighted by molar-refractivity contribution is 7.79. The van der Waals surface area contributed by atoms with Crippen LogP contribution in [-0.4, -0.2) is 83.4 Å². The third-order valence-corrected chi connectivity index (χ3v) is 8.47. The summed E-state index contributed by atoms with van der Waals surface area (Å²) in [7, 11) is 2.98. The van der Waals surface area contributed by atoms with Crippen LogP contribution < -0.4 is 20.7 Å². The largest absolute Gasteiger partial charge is 0.487 e. The fraction of sp³-hybridized carbons (Fsp3) is 0.375. The number of para-hydroxylation sites is 1. The molecule has 15 heteroatoms. The fourth-order valence-corrected chi connectivity index (χ4v) is 5.95. The van der Waals surface area contributed by atoms with Gasteiger partial charge in [0.15, 0.2) is 22.6 Å². The Morgan fingerprint density at radius 3 is 2.38 bits per heavy atom. The van der Waals surface area contributed by atoms with Gasteiger partial charge in [-0.3, -0.25) is 4.79 Å². The lowest BCUT2D eigenvalue weighted by molar-refractivity contribution is -0.118. The van der Waals surface area contributed by atoms with Crippen molar-refractivity contribution in [2.24, 2.45) is 0 Å². The van der Waals surface area contributed by atoms with Crippen molar-refractivity contribution < 1.29 is 45.4 Å². The Hall–Kier alpha value is -4.05. The van der Waals surface area contributed by atoms with Crippen molar-refractivity contribution in [3.05, 3.63) is 95.1 Å². The van der Waals surface area contributed by atoms with Gasteiger partial charge in [-0.2, -0.15) is 0 Å². The standard InChI is InChI=1S/C32H36F4N4O6S/c1-40-17-24(37-16-25(40)5-4-12-47(43)44)18-46-30-26(36)6-3-7-27(30)38-31(41)29(39-32(42)45-2)28(19-8-10-21(33)11-9-19)20-13-22(34)15-23(35)14-20/h3,6-11,13-15,24-25,28-29,37H,4-5,12,16-18H2,1-2H3,(H,38,41)(H,39,42)(H,43,44)/t24?,25?,28-,29-/m0/s1. The molecule has 1 saturated heterocycles. The van der Waals surface area contributed by atoms with Crippen LogP contribution in [0.4, 0.5) is 28.0 Å². The first-order valence-electron chi connectivity index (χ1n) is 14.7. The molecule has 1 heterocycles. The number of carbonyl (C=O) groups is 2. The molecular formula is C32H36F4N4O6S. The Labute approximate surface area is 272 Å². The average molecular weight is 681 g/mol.